The number of aliphatic hydroxyl groups is 1. The van der Waals surface area contributed by atoms with Crippen LogP contribution in [0.15, 0.2) is 47.4 Å². The Labute approximate surface area is 242 Å². The summed E-state index contributed by atoms with van der Waals surface area (Å²) in [5.41, 5.74) is 1.36. The van der Waals surface area contributed by atoms with Crippen molar-refractivity contribution in [2.45, 2.75) is 30.9 Å². The Hall–Kier alpha value is -3.14. The Morgan fingerprint density at radius 1 is 1.15 bits per heavy atom. The first-order valence-electron chi connectivity index (χ1n) is 13.8. The highest BCUT2D eigenvalue weighted by Gasteiger charge is 2.38. The fraction of sp³-hybridized carbons (Fsp3) is 0.500. The minimum atomic E-state index is -3.98. The number of ether oxygens (including phenoxy) is 3. The maximum absolute atomic E-state index is 13.7. The number of methoxy groups -OCH3 is 1. The average molecular weight is 586 g/mol. The third kappa shape index (κ3) is 7.58. The largest absolute Gasteiger partial charge is 0.497 e. The molecule has 2 aromatic rings. The minimum absolute atomic E-state index is 0.00648. The van der Waals surface area contributed by atoms with E-state index in [0.717, 1.165) is 11.3 Å². The minimum Gasteiger partial charge on any atom is -0.497 e. The van der Waals surface area contributed by atoms with E-state index in [1.807, 2.05) is 31.2 Å². The van der Waals surface area contributed by atoms with Gasteiger partial charge >= 0.3 is 0 Å². The molecule has 41 heavy (non-hydrogen) atoms. The predicted molar refractivity (Wildman–Crippen MR) is 154 cm³/mol. The number of carbonyl (C=O) groups excluding carboxylic acids is 1. The molecule has 4 rings (SSSR count). The Morgan fingerprint density at radius 3 is 2.46 bits per heavy atom. The number of fused-ring (bicyclic) bond motifs is 1. The molecule has 0 bridgehead atoms. The van der Waals surface area contributed by atoms with E-state index in [2.05, 4.69) is 16.7 Å². The second-order valence-corrected chi connectivity index (χ2v) is 12.4. The van der Waals surface area contributed by atoms with Gasteiger partial charge in [0.25, 0.3) is 0 Å². The second-order valence-electron chi connectivity index (χ2n) is 10.5. The van der Waals surface area contributed by atoms with Gasteiger partial charge in [0.05, 0.1) is 40.0 Å². The van der Waals surface area contributed by atoms with Crippen LogP contribution in [0, 0.1) is 17.8 Å². The number of likely N-dealkylation sites (N-methyl/N-ethyl adjacent to an activating group) is 1. The van der Waals surface area contributed by atoms with Crippen LogP contribution in [0.3, 0.4) is 0 Å². The molecular weight excluding hydrogens is 546 g/mol. The maximum atomic E-state index is 13.7. The number of amides is 1. The lowest BCUT2D eigenvalue weighted by Gasteiger charge is -2.38. The van der Waals surface area contributed by atoms with Crippen LogP contribution in [0.5, 0.6) is 11.5 Å². The van der Waals surface area contributed by atoms with Crippen molar-refractivity contribution in [2.75, 3.05) is 66.7 Å². The average Bonchev–Trinajstić information content (AvgIpc) is 2.98. The fourth-order valence-electron chi connectivity index (χ4n) is 4.78. The number of hydrogen-bond donors (Lipinski definition) is 1. The molecule has 0 radical (unpaired) electrons. The van der Waals surface area contributed by atoms with Crippen molar-refractivity contribution in [2.24, 2.45) is 5.92 Å². The lowest BCUT2D eigenvalue weighted by molar-refractivity contribution is -0.133. The van der Waals surface area contributed by atoms with Crippen molar-refractivity contribution >= 4 is 15.9 Å². The summed E-state index contributed by atoms with van der Waals surface area (Å²) in [4.78, 5) is 16.8. The van der Waals surface area contributed by atoms with Gasteiger partial charge in [-0.3, -0.25) is 9.69 Å². The van der Waals surface area contributed by atoms with Crippen molar-refractivity contribution in [3.8, 4) is 23.3 Å². The molecule has 0 aliphatic carbocycles. The summed E-state index contributed by atoms with van der Waals surface area (Å²) in [6, 6.07) is 11.5. The first kappa shape index (κ1) is 30.8. The third-order valence-electron chi connectivity index (χ3n) is 7.45. The number of nitrogens with zero attached hydrogens (tertiary/aromatic N) is 3. The normalized spacial score (nSPS) is 21.7. The zero-order valence-corrected chi connectivity index (χ0v) is 24.9. The molecule has 1 amide bonds. The quantitative estimate of drug-likeness (QED) is 0.489. The molecule has 0 spiro atoms. The van der Waals surface area contributed by atoms with E-state index < -0.39 is 22.2 Å². The molecule has 1 saturated heterocycles. The van der Waals surface area contributed by atoms with E-state index in [1.54, 1.807) is 38.1 Å². The van der Waals surface area contributed by atoms with E-state index in [1.165, 1.54) is 10.4 Å². The van der Waals surface area contributed by atoms with Gasteiger partial charge in [0.1, 0.15) is 22.5 Å². The van der Waals surface area contributed by atoms with Gasteiger partial charge in [-0.15, -0.1) is 0 Å². The van der Waals surface area contributed by atoms with Gasteiger partial charge in [-0.1, -0.05) is 18.8 Å². The Morgan fingerprint density at radius 2 is 1.80 bits per heavy atom. The SMILES string of the molecule is COc1ccc(C#Cc2ccc3c(c2)O[C@@H](CN(C)C(=O)CN2CCOCC2)[C@@H](C)CN([C@@H](C)CO)S3(=O)=O)cc1. The Bertz CT molecular complexity index is 1360. The van der Waals surface area contributed by atoms with Crippen molar-refractivity contribution in [1.82, 2.24) is 14.1 Å². The molecule has 10 nitrogen and oxygen atoms in total. The Kier molecular flexibility index (Phi) is 10.3. The van der Waals surface area contributed by atoms with Crippen LogP contribution in [-0.2, 0) is 19.6 Å². The second kappa shape index (κ2) is 13.7. The van der Waals surface area contributed by atoms with Gasteiger partial charge in [0, 0.05) is 49.8 Å². The molecule has 1 N–H and O–H groups in total. The molecule has 0 saturated carbocycles. The van der Waals surface area contributed by atoms with E-state index >= 15 is 0 Å². The van der Waals surface area contributed by atoms with Gasteiger partial charge in [-0.05, 0) is 49.4 Å². The molecule has 0 unspecified atom stereocenters. The summed E-state index contributed by atoms with van der Waals surface area (Å²) in [7, 11) is -0.644. The van der Waals surface area contributed by atoms with E-state index in [9.17, 15) is 18.3 Å². The highest BCUT2D eigenvalue weighted by molar-refractivity contribution is 7.89. The summed E-state index contributed by atoms with van der Waals surface area (Å²) >= 11 is 0. The van der Waals surface area contributed by atoms with Crippen LogP contribution in [-0.4, -0.2) is 112 Å². The zero-order valence-electron chi connectivity index (χ0n) is 24.1. The molecule has 11 heteroatoms. The number of morpholine rings is 1. The van der Waals surface area contributed by atoms with Crippen LogP contribution < -0.4 is 9.47 Å². The van der Waals surface area contributed by atoms with E-state index in [0.29, 0.717) is 31.9 Å². The first-order valence-corrected chi connectivity index (χ1v) is 15.2. The van der Waals surface area contributed by atoms with Crippen LogP contribution >= 0.6 is 0 Å². The maximum Gasteiger partial charge on any atom is 0.247 e. The predicted octanol–water partition coefficient (Wildman–Crippen LogP) is 1.65. The topological polar surface area (TPSA) is 109 Å². The first-order chi connectivity index (χ1) is 19.6. The number of hydrogen-bond acceptors (Lipinski definition) is 8. The van der Waals surface area contributed by atoms with E-state index in [4.69, 9.17) is 14.2 Å². The summed E-state index contributed by atoms with van der Waals surface area (Å²) in [5.74, 6) is 6.76. The molecule has 2 aliphatic heterocycles. The van der Waals surface area contributed by atoms with Crippen molar-refractivity contribution in [1.29, 1.82) is 0 Å². The summed E-state index contributed by atoms with van der Waals surface area (Å²) in [6.45, 7) is 6.56. The number of aliphatic hydroxyl groups excluding tert-OH is 1. The van der Waals surface area contributed by atoms with Gasteiger partial charge in [0.15, 0.2) is 0 Å². The monoisotopic (exact) mass is 585 g/mol. The number of rotatable bonds is 7. The standard InChI is InChI=1S/C30H39N3O7S/c1-22-18-33(23(2)21-34)41(36,37)29-12-9-25(6-5-24-7-10-26(38-4)11-8-24)17-27(29)40-28(22)19-31(3)30(35)20-32-13-15-39-16-14-32/h7-12,17,22-23,28,34H,13-16,18-21H2,1-4H3/t22-,23-,28-/m0/s1. The zero-order chi connectivity index (χ0) is 29.6. The molecule has 0 aromatic heterocycles. The summed E-state index contributed by atoms with van der Waals surface area (Å²) in [6.07, 6.45) is -0.499. The van der Waals surface area contributed by atoms with Gasteiger partial charge < -0.3 is 24.2 Å². The Balaban J connectivity index is 1.63. The summed E-state index contributed by atoms with van der Waals surface area (Å²) in [5, 5.41) is 9.88. The van der Waals surface area contributed by atoms with Crippen LogP contribution in [0.1, 0.15) is 25.0 Å². The van der Waals surface area contributed by atoms with Crippen molar-refractivity contribution in [3.05, 3.63) is 53.6 Å². The molecule has 3 atom stereocenters. The third-order valence-corrected chi connectivity index (χ3v) is 9.47. The van der Waals surface area contributed by atoms with Gasteiger partial charge in [-0.2, -0.15) is 4.31 Å². The smallest absolute Gasteiger partial charge is 0.247 e. The van der Waals surface area contributed by atoms with Crippen molar-refractivity contribution in [3.63, 3.8) is 0 Å². The summed E-state index contributed by atoms with van der Waals surface area (Å²) < 4.78 is 45.8. The van der Waals surface area contributed by atoms with Crippen LogP contribution in [0.4, 0.5) is 0 Å². The molecule has 1 fully saturated rings. The molecule has 2 heterocycles. The van der Waals surface area contributed by atoms with E-state index in [-0.39, 0.29) is 48.7 Å². The number of carbonyl (C=O) groups is 1. The van der Waals surface area contributed by atoms with Crippen molar-refractivity contribution < 1.29 is 32.5 Å². The van der Waals surface area contributed by atoms with Gasteiger partial charge in [0.2, 0.25) is 15.9 Å². The highest BCUT2D eigenvalue weighted by atomic mass is 32.2. The number of benzene rings is 2. The lowest BCUT2D eigenvalue weighted by Crippen LogP contribution is -2.51. The molecular formula is C30H39N3O7S. The van der Waals surface area contributed by atoms with Crippen LogP contribution in [0.2, 0.25) is 0 Å². The molecule has 2 aromatic carbocycles. The van der Waals surface area contributed by atoms with Crippen LogP contribution in [0.25, 0.3) is 0 Å². The lowest BCUT2D eigenvalue weighted by atomic mass is 10.0. The highest BCUT2D eigenvalue weighted by Crippen LogP contribution is 2.34. The molecule has 222 valence electrons. The fourth-order valence-corrected chi connectivity index (χ4v) is 6.61. The number of sulfonamides is 1. The molecule has 2 aliphatic rings. The van der Waals surface area contributed by atoms with Gasteiger partial charge in [-0.25, -0.2) is 8.42 Å².